The molecule has 0 radical (unpaired) electrons. The number of para-hydroxylation sites is 2. The van der Waals surface area contributed by atoms with Crippen molar-refractivity contribution < 1.29 is 0 Å². The number of imidazole rings is 1. The van der Waals surface area contributed by atoms with E-state index < -0.39 is 0 Å². The minimum absolute atomic E-state index is 0.536. The molecule has 0 aliphatic carbocycles. The van der Waals surface area contributed by atoms with Gasteiger partial charge in [-0.15, -0.1) is 0 Å². The van der Waals surface area contributed by atoms with E-state index >= 15 is 0 Å². The first-order chi connectivity index (χ1) is 11.3. The number of nitrogens with zero attached hydrogens (tertiary/aromatic N) is 4. The van der Waals surface area contributed by atoms with Crippen molar-refractivity contribution in [2.75, 3.05) is 23.7 Å². The predicted molar refractivity (Wildman–Crippen MR) is 92.5 cm³/mol. The van der Waals surface area contributed by atoms with Gasteiger partial charge in [0.1, 0.15) is 0 Å². The lowest BCUT2D eigenvalue weighted by Gasteiger charge is -2.08. The first-order valence-electron chi connectivity index (χ1n) is 7.99. The molecule has 0 bridgehead atoms. The van der Waals surface area contributed by atoms with Gasteiger partial charge in [-0.1, -0.05) is 26.0 Å². The number of hydrogen-bond donors (Lipinski definition) is 3. The first-order valence-corrected chi connectivity index (χ1v) is 7.99. The van der Waals surface area contributed by atoms with Crippen LogP contribution in [0.4, 0.5) is 11.9 Å². The van der Waals surface area contributed by atoms with Gasteiger partial charge in [-0.25, -0.2) is 4.98 Å². The van der Waals surface area contributed by atoms with Crippen LogP contribution in [0.2, 0.25) is 0 Å². The monoisotopic (exact) mass is 311 g/mol. The number of aromatic amines is 1. The van der Waals surface area contributed by atoms with Crippen LogP contribution in [0.15, 0.2) is 24.3 Å². The van der Waals surface area contributed by atoms with Crippen LogP contribution in [-0.2, 0) is 0 Å². The molecule has 0 saturated carbocycles. The second kappa shape index (κ2) is 7.04. The standard InChI is InChI=1S/C16H21N7/c1-3-9-17-15-21-14(22-16(23-15)18-10-4-2)13-19-11-7-5-6-8-12(11)20-13/h5-8H,3-4,9-10H2,1-2H3,(H,19,20)(H2,17,18,21,22,23). The molecule has 0 amide bonds. The van der Waals surface area contributed by atoms with Crippen molar-refractivity contribution in [2.45, 2.75) is 26.7 Å². The zero-order valence-corrected chi connectivity index (χ0v) is 13.4. The molecule has 0 aliphatic heterocycles. The van der Waals surface area contributed by atoms with Crippen LogP contribution in [0.3, 0.4) is 0 Å². The van der Waals surface area contributed by atoms with Crippen LogP contribution in [0, 0.1) is 0 Å². The average molecular weight is 311 g/mol. The lowest BCUT2D eigenvalue weighted by Crippen LogP contribution is -2.11. The molecule has 0 saturated heterocycles. The topological polar surface area (TPSA) is 91.4 Å². The maximum absolute atomic E-state index is 4.56. The zero-order chi connectivity index (χ0) is 16.1. The number of aromatic nitrogens is 5. The summed E-state index contributed by atoms with van der Waals surface area (Å²) in [6.07, 6.45) is 2.01. The highest BCUT2D eigenvalue weighted by atomic mass is 15.2. The van der Waals surface area contributed by atoms with Gasteiger partial charge in [-0.2, -0.15) is 15.0 Å². The highest BCUT2D eigenvalue weighted by molar-refractivity contribution is 5.78. The number of H-pyrrole nitrogens is 1. The first kappa shape index (κ1) is 15.2. The second-order valence-electron chi connectivity index (χ2n) is 5.26. The van der Waals surface area contributed by atoms with Crippen LogP contribution >= 0.6 is 0 Å². The SMILES string of the molecule is CCCNc1nc(NCCC)nc(-c2nc3ccccc3[nH]2)n1. The lowest BCUT2D eigenvalue weighted by molar-refractivity contribution is 0.916. The molecule has 0 fully saturated rings. The Morgan fingerprint density at radius 1 is 0.870 bits per heavy atom. The summed E-state index contributed by atoms with van der Waals surface area (Å²) in [5.74, 6) is 2.31. The van der Waals surface area contributed by atoms with Gasteiger partial charge in [0.25, 0.3) is 0 Å². The molecule has 1 aromatic carbocycles. The van der Waals surface area contributed by atoms with Crippen LogP contribution in [0.1, 0.15) is 26.7 Å². The number of fused-ring (bicyclic) bond motifs is 1. The predicted octanol–water partition coefficient (Wildman–Crippen LogP) is 3.06. The van der Waals surface area contributed by atoms with Crippen molar-refractivity contribution >= 4 is 22.9 Å². The Morgan fingerprint density at radius 3 is 2.13 bits per heavy atom. The second-order valence-corrected chi connectivity index (χ2v) is 5.26. The maximum atomic E-state index is 4.56. The summed E-state index contributed by atoms with van der Waals surface area (Å²) in [6.45, 7) is 5.84. The van der Waals surface area contributed by atoms with Crippen molar-refractivity contribution in [1.29, 1.82) is 0 Å². The molecule has 0 aliphatic rings. The van der Waals surface area contributed by atoms with Gasteiger partial charge in [0.2, 0.25) is 17.7 Å². The van der Waals surface area contributed by atoms with Gasteiger partial charge in [-0.3, -0.25) is 0 Å². The fourth-order valence-corrected chi connectivity index (χ4v) is 2.17. The van der Waals surface area contributed by atoms with Crippen LogP contribution in [0.25, 0.3) is 22.7 Å². The maximum Gasteiger partial charge on any atom is 0.228 e. The van der Waals surface area contributed by atoms with E-state index in [9.17, 15) is 0 Å². The third kappa shape index (κ3) is 3.56. The third-order valence-corrected chi connectivity index (χ3v) is 3.30. The summed E-state index contributed by atoms with van der Waals surface area (Å²) >= 11 is 0. The third-order valence-electron chi connectivity index (χ3n) is 3.30. The summed E-state index contributed by atoms with van der Waals surface area (Å²) in [5, 5.41) is 6.42. The van der Waals surface area contributed by atoms with Crippen molar-refractivity contribution in [2.24, 2.45) is 0 Å². The molecule has 23 heavy (non-hydrogen) atoms. The van der Waals surface area contributed by atoms with Gasteiger partial charge < -0.3 is 15.6 Å². The molecule has 0 spiro atoms. The minimum Gasteiger partial charge on any atom is -0.354 e. The molecule has 3 N–H and O–H groups in total. The largest absolute Gasteiger partial charge is 0.354 e. The Balaban J connectivity index is 1.98. The highest BCUT2D eigenvalue weighted by Gasteiger charge is 2.12. The Hall–Kier alpha value is -2.70. The van der Waals surface area contributed by atoms with Crippen LogP contribution in [0.5, 0.6) is 0 Å². The van der Waals surface area contributed by atoms with E-state index in [0.29, 0.717) is 23.5 Å². The highest BCUT2D eigenvalue weighted by Crippen LogP contribution is 2.19. The Labute approximate surface area is 135 Å². The smallest absolute Gasteiger partial charge is 0.228 e. The van der Waals surface area contributed by atoms with E-state index in [1.165, 1.54) is 0 Å². The van der Waals surface area contributed by atoms with Gasteiger partial charge in [0, 0.05) is 13.1 Å². The van der Waals surface area contributed by atoms with Gasteiger partial charge in [-0.05, 0) is 25.0 Å². The van der Waals surface area contributed by atoms with Crippen LogP contribution < -0.4 is 10.6 Å². The molecule has 2 aromatic heterocycles. The van der Waals surface area contributed by atoms with E-state index in [2.05, 4.69) is 49.4 Å². The van der Waals surface area contributed by atoms with Crippen molar-refractivity contribution in [3.8, 4) is 11.6 Å². The van der Waals surface area contributed by atoms with E-state index in [1.54, 1.807) is 0 Å². The summed E-state index contributed by atoms with van der Waals surface area (Å²) < 4.78 is 0. The van der Waals surface area contributed by atoms with E-state index in [-0.39, 0.29) is 0 Å². The number of benzene rings is 1. The Bertz CT molecular complexity index is 722. The molecule has 2 heterocycles. The molecule has 120 valence electrons. The van der Waals surface area contributed by atoms with Gasteiger partial charge in [0.15, 0.2) is 5.82 Å². The fourth-order valence-electron chi connectivity index (χ4n) is 2.17. The van der Waals surface area contributed by atoms with Crippen molar-refractivity contribution in [3.63, 3.8) is 0 Å². The van der Waals surface area contributed by atoms with Gasteiger partial charge in [0.05, 0.1) is 11.0 Å². The fraction of sp³-hybridized carbons (Fsp3) is 0.375. The number of anilines is 2. The molecule has 7 heteroatoms. The molecule has 7 nitrogen and oxygen atoms in total. The molecular formula is C16H21N7. The Kier molecular flexibility index (Phi) is 4.65. The van der Waals surface area contributed by atoms with Crippen molar-refractivity contribution in [3.05, 3.63) is 24.3 Å². The lowest BCUT2D eigenvalue weighted by atomic mass is 10.3. The van der Waals surface area contributed by atoms with Crippen molar-refractivity contribution in [1.82, 2.24) is 24.9 Å². The molecule has 0 atom stereocenters. The molecule has 0 unspecified atom stereocenters. The van der Waals surface area contributed by atoms with E-state index in [4.69, 9.17) is 0 Å². The Morgan fingerprint density at radius 2 is 1.52 bits per heavy atom. The number of nitrogens with one attached hydrogen (secondary N) is 3. The summed E-state index contributed by atoms with van der Waals surface area (Å²) in [4.78, 5) is 21.2. The zero-order valence-electron chi connectivity index (χ0n) is 13.4. The molecular weight excluding hydrogens is 290 g/mol. The molecule has 3 rings (SSSR count). The summed E-state index contributed by atoms with van der Waals surface area (Å²) in [7, 11) is 0. The average Bonchev–Trinajstić information content (AvgIpc) is 3.02. The van der Waals surface area contributed by atoms with E-state index in [1.807, 2.05) is 24.3 Å². The summed E-state index contributed by atoms with van der Waals surface area (Å²) in [5.41, 5.74) is 1.86. The number of rotatable bonds is 7. The molecule has 3 aromatic rings. The van der Waals surface area contributed by atoms with Gasteiger partial charge >= 0.3 is 0 Å². The van der Waals surface area contributed by atoms with E-state index in [0.717, 1.165) is 37.0 Å². The van der Waals surface area contributed by atoms with Crippen LogP contribution in [-0.4, -0.2) is 38.0 Å². The quantitative estimate of drug-likeness (QED) is 0.621. The number of hydrogen-bond acceptors (Lipinski definition) is 6. The normalized spacial score (nSPS) is 10.9. The minimum atomic E-state index is 0.536. The summed E-state index contributed by atoms with van der Waals surface area (Å²) in [6, 6.07) is 7.88.